The monoisotopic (exact) mass is 337 g/mol. The standard InChI is InChI=1S/C17H17Cl2NO2/c1-12-6-7-14(11-16(12)19)22-9-8-20-17(21)10-13-4-2-3-5-15(13)18/h2-7,11H,8-10H2,1H3,(H,20,21). The third-order valence-corrected chi connectivity index (χ3v) is 3.92. The van der Waals surface area contributed by atoms with Gasteiger partial charge in [-0.3, -0.25) is 4.79 Å². The highest BCUT2D eigenvalue weighted by Gasteiger charge is 2.06. The first-order chi connectivity index (χ1) is 10.6. The first kappa shape index (κ1) is 16.7. The van der Waals surface area contributed by atoms with Crippen molar-refractivity contribution in [2.75, 3.05) is 13.2 Å². The van der Waals surface area contributed by atoms with Crippen molar-refractivity contribution < 1.29 is 9.53 Å². The maximum Gasteiger partial charge on any atom is 0.224 e. The molecule has 0 bridgehead atoms. The van der Waals surface area contributed by atoms with Crippen molar-refractivity contribution in [3.63, 3.8) is 0 Å². The summed E-state index contributed by atoms with van der Waals surface area (Å²) in [5.41, 5.74) is 1.81. The number of halogens is 2. The Morgan fingerprint density at radius 1 is 1.14 bits per heavy atom. The molecule has 2 rings (SSSR count). The number of benzene rings is 2. The molecule has 2 aromatic rings. The minimum Gasteiger partial charge on any atom is -0.492 e. The second-order valence-corrected chi connectivity index (χ2v) is 5.69. The minimum atomic E-state index is -0.0846. The quantitative estimate of drug-likeness (QED) is 0.808. The van der Waals surface area contributed by atoms with Crippen molar-refractivity contribution in [1.29, 1.82) is 0 Å². The molecule has 0 fully saturated rings. The van der Waals surface area contributed by atoms with Crippen LogP contribution in [0.4, 0.5) is 0 Å². The first-order valence-corrected chi connectivity index (χ1v) is 7.71. The van der Waals surface area contributed by atoms with Crippen LogP contribution < -0.4 is 10.1 Å². The van der Waals surface area contributed by atoms with Gasteiger partial charge in [-0.2, -0.15) is 0 Å². The molecule has 0 spiro atoms. The molecule has 0 saturated heterocycles. The Morgan fingerprint density at radius 2 is 1.91 bits per heavy atom. The van der Waals surface area contributed by atoms with Crippen molar-refractivity contribution >= 4 is 29.1 Å². The summed E-state index contributed by atoms with van der Waals surface area (Å²) in [4.78, 5) is 11.8. The van der Waals surface area contributed by atoms with Gasteiger partial charge in [0.2, 0.25) is 5.91 Å². The van der Waals surface area contributed by atoms with Gasteiger partial charge in [0.25, 0.3) is 0 Å². The maximum atomic E-state index is 11.8. The van der Waals surface area contributed by atoms with Gasteiger partial charge in [0, 0.05) is 10.0 Å². The highest BCUT2D eigenvalue weighted by molar-refractivity contribution is 6.31. The van der Waals surface area contributed by atoms with Crippen molar-refractivity contribution in [2.45, 2.75) is 13.3 Å². The average molecular weight is 338 g/mol. The van der Waals surface area contributed by atoms with Crippen molar-refractivity contribution in [3.8, 4) is 5.75 Å². The van der Waals surface area contributed by atoms with Gasteiger partial charge in [-0.05, 0) is 36.2 Å². The fourth-order valence-electron chi connectivity index (χ4n) is 1.90. The lowest BCUT2D eigenvalue weighted by Gasteiger charge is -2.09. The van der Waals surface area contributed by atoms with E-state index in [2.05, 4.69) is 5.32 Å². The number of hydrogen-bond donors (Lipinski definition) is 1. The highest BCUT2D eigenvalue weighted by Crippen LogP contribution is 2.21. The van der Waals surface area contributed by atoms with Gasteiger partial charge in [0.05, 0.1) is 13.0 Å². The van der Waals surface area contributed by atoms with Gasteiger partial charge in [-0.15, -0.1) is 0 Å². The molecule has 116 valence electrons. The predicted octanol–water partition coefficient (Wildman–Crippen LogP) is 4.04. The van der Waals surface area contributed by atoms with Crippen molar-refractivity contribution in [2.24, 2.45) is 0 Å². The summed E-state index contributed by atoms with van der Waals surface area (Å²) in [5, 5.41) is 4.07. The first-order valence-electron chi connectivity index (χ1n) is 6.95. The summed E-state index contributed by atoms with van der Waals surface area (Å²) < 4.78 is 5.54. The summed E-state index contributed by atoms with van der Waals surface area (Å²) in [6.07, 6.45) is 0.260. The van der Waals surface area contributed by atoms with Gasteiger partial charge >= 0.3 is 0 Å². The number of rotatable bonds is 6. The average Bonchev–Trinajstić information content (AvgIpc) is 2.49. The predicted molar refractivity (Wildman–Crippen MR) is 89.8 cm³/mol. The number of aryl methyl sites for hydroxylation is 1. The molecule has 0 unspecified atom stereocenters. The topological polar surface area (TPSA) is 38.3 Å². The molecule has 0 aliphatic rings. The van der Waals surface area contributed by atoms with E-state index in [1.165, 1.54) is 0 Å². The molecule has 0 aromatic heterocycles. The van der Waals surface area contributed by atoms with E-state index >= 15 is 0 Å². The lowest BCUT2D eigenvalue weighted by molar-refractivity contribution is -0.120. The molecule has 0 heterocycles. The number of hydrogen-bond acceptors (Lipinski definition) is 2. The SMILES string of the molecule is Cc1ccc(OCCNC(=O)Cc2ccccc2Cl)cc1Cl. The molecule has 0 saturated carbocycles. The van der Waals surface area contributed by atoms with Crippen LogP contribution in [0.25, 0.3) is 0 Å². The fourth-order valence-corrected chi connectivity index (χ4v) is 2.27. The van der Waals surface area contributed by atoms with Crippen LogP contribution in [-0.2, 0) is 11.2 Å². The Bertz CT molecular complexity index is 659. The lowest BCUT2D eigenvalue weighted by atomic mass is 10.1. The van der Waals surface area contributed by atoms with Crippen LogP contribution in [0.1, 0.15) is 11.1 Å². The summed E-state index contributed by atoms with van der Waals surface area (Å²) in [6.45, 7) is 2.74. The number of ether oxygens (including phenoxy) is 1. The summed E-state index contributed by atoms with van der Waals surface area (Å²) in [5.74, 6) is 0.606. The lowest BCUT2D eigenvalue weighted by Crippen LogP contribution is -2.29. The molecule has 22 heavy (non-hydrogen) atoms. The molecule has 0 atom stereocenters. The van der Waals surface area contributed by atoms with Gasteiger partial charge in [0.1, 0.15) is 12.4 Å². The molecule has 0 radical (unpaired) electrons. The summed E-state index contributed by atoms with van der Waals surface area (Å²) in [7, 11) is 0. The Labute approximate surface area is 140 Å². The Kier molecular flexibility index (Phi) is 6.10. The summed E-state index contributed by atoms with van der Waals surface area (Å²) >= 11 is 12.0. The van der Waals surface area contributed by atoms with E-state index in [9.17, 15) is 4.79 Å². The van der Waals surface area contributed by atoms with Gasteiger partial charge in [-0.25, -0.2) is 0 Å². The fraction of sp³-hybridized carbons (Fsp3) is 0.235. The maximum absolute atomic E-state index is 11.8. The van der Waals surface area contributed by atoms with Crippen LogP contribution in [0.15, 0.2) is 42.5 Å². The molecule has 0 aliphatic heterocycles. The number of carbonyl (C=O) groups is 1. The molecule has 3 nitrogen and oxygen atoms in total. The Balaban J connectivity index is 1.73. The summed E-state index contributed by atoms with van der Waals surface area (Å²) in [6, 6.07) is 12.8. The second-order valence-electron chi connectivity index (χ2n) is 4.88. The second kappa shape index (κ2) is 8.06. The zero-order valence-corrected chi connectivity index (χ0v) is 13.7. The minimum absolute atomic E-state index is 0.0846. The van der Waals surface area contributed by atoms with E-state index in [1.807, 2.05) is 37.3 Å². The van der Waals surface area contributed by atoms with Crippen molar-refractivity contribution in [1.82, 2.24) is 5.32 Å². The van der Waals surface area contributed by atoms with Gasteiger partial charge < -0.3 is 10.1 Å². The van der Waals surface area contributed by atoms with E-state index in [4.69, 9.17) is 27.9 Å². The molecule has 5 heteroatoms. The molecule has 0 aliphatic carbocycles. The Hall–Kier alpha value is -1.71. The van der Waals surface area contributed by atoms with E-state index in [0.717, 1.165) is 11.1 Å². The molecule has 1 N–H and O–H groups in total. The normalized spacial score (nSPS) is 10.3. The van der Waals surface area contributed by atoms with Crippen LogP contribution >= 0.6 is 23.2 Å². The van der Waals surface area contributed by atoms with Crippen LogP contribution in [0.3, 0.4) is 0 Å². The van der Waals surface area contributed by atoms with Crippen LogP contribution in [0.5, 0.6) is 5.75 Å². The number of nitrogens with one attached hydrogen (secondary N) is 1. The molecular formula is C17H17Cl2NO2. The zero-order valence-electron chi connectivity index (χ0n) is 12.2. The smallest absolute Gasteiger partial charge is 0.224 e. The van der Waals surface area contributed by atoms with Crippen molar-refractivity contribution in [3.05, 3.63) is 63.6 Å². The van der Waals surface area contributed by atoms with Gasteiger partial charge in [0.15, 0.2) is 0 Å². The largest absolute Gasteiger partial charge is 0.492 e. The number of carbonyl (C=O) groups excluding carboxylic acids is 1. The van der Waals surface area contributed by atoms with E-state index < -0.39 is 0 Å². The third-order valence-electron chi connectivity index (χ3n) is 3.15. The van der Waals surface area contributed by atoms with Crippen LogP contribution in [-0.4, -0.2) is 19.1 Å². The van der Waals surface area contributed by atoms with Crippen LogP contribution in [0, 0.1) is 6.92 Å². The van der Waals surface area contributed by atoms with Gasteiger partial charge in [-0.1, -0.05) is 47.5 Å². The highest BCUT2D eigenvalue weighted by atomic mass is 35.5. The Morgan fingerprint density at radius 3 is 2.64 bits per heavy atom. The van der Waals surface area contributed by atoms with Crippen LogP contribution in [0.2, 0.25) is 10.0 Å². The van der Waals surface area contributed by atoms with E-state index in [1.54, 1.807) is 12.1 Å². The zero-order chi connectivity index (χ0) is 15.9. The molecule has 1 amide bonds. The molecular weight excluding hydrogens is 321 g/mol. The number of amides is 1. The van der Waals surface area contributed by atoms with E-state index in [-0.39, 0.29) is 12.3 Å². The van der Waals surface area contributed by atoms with E-state index in [0.29, 0.717) is 28.9 Å². The third kappa shape index (κ3) is 4.93. The molecule has 2 aromatic carbocycles.